The van der Waals surface area contributed by atoms with Gasteiger partial charge < -0.3 is 4.74 Å². The van der Waals surface area contributed by atoms with Gasteiger partial charge in [0.1, 0.15) is 17.3 Å². The number of nitrogens with zero attached hydrogens (tertiary/aromatic N) is 5. The van der Waals surface area contributed by atoms with Gasteiger partial charge in [-0.1, -0.05) is 130 Å². The molecule has 0 atom stereocenters. The average Bonchev–Trinajstić information content (AvgIpc) is 3.90. The summed E-state index contributed by atoms with van der Waals surface area (Å²) in [5.74, 6) is 2.17. The zero-order valence-corrected chi connectivity index (χ0v) is 36.3. The quantitative estimate of drug-likeness (QED) is 0.143. The van der Waals surface area contributed by atoms with Crippen LogP contribution >= 0.6 is 0 Å². The van der Waals surface area contributed by atoms with Crippen molar-refractivity contribution in [2.75, 3.05) is 0 Å². The summed E-state index contributed by atoms with van der Waals surface area (Å²) >= 11 is 0. The zero-order valence-electron chi connectivity index (χ0n) is 36.3. The van der Waals surface area contributed by atoms with E-state index in [0.717, 1.165) is 83.8 Å². The van der Waals surface area contributed by atoms with Crippen LogP contribution in [0.4, 0.5) is 22.7 Å². The van der Waals surface area contributed by atoms with Gasteiger partial charge in [0, 0.05) is 52.9 Å². The lowest BCUT2D eigenvalue weighted by molar-refractivity contribution is 0.483. The van der Waals surface area contributed by atoms with Crippen molar-refractivity contribution in [3.63, 3.8) is 0 Å². The molecule has 0 radical (unpaired) electrons. The number of pyridine rings is 1. The number of nitriles is 1. The molecule has 0 aliphatic carbocycles. The summed E-state index contributed by atoms with van der Waals surface area (Å²) in [6.45, 7) is 6.62. The average molecular weight is 838 g/mol. The van der Waals surface area contributed by atoms with Crippen LogP contribution in [-0.4, -0.2) is 15.6 Å². The Balaban J connectivity index is 1.04. The first-order chi connectivity index (χ1) is 31.8. The molecule has 0 bridgehead atoms. The van der Waals surface area contributed by atoms with E-state index >= 15 is 0 Å². The highest BCUT2D eigenvalue weighted by Crippen LogP contribution is 2.49. The van der Waals surface area contributed by atoms with Crippen molar-refractivity contribution in [1.82, 2.24) is 18.7 Å². The van der Waals surface area contributed by atoms with Crippen molar-refractivity contribution in [3.05, 3.63) is 218 Å². The van der Waals surface area contributed by atoms with Crippen molar-refractivity contribution in [3.8, 4) is 56.8 Å². The van der Waals surface area contributed by atoms with Crippen molar-refractivity contribution in [2.24, 2.45) is 0 Å². The van der Waals surface area contributed by atoms with Crippen molar-refractivity contribution in [1.29, 1.82) is 5.26 Å². The summed E-state index contributed by atoms with van der Waals surface area (Å²) in [5, 5.41) is 11.8. The van der Waals surface area contributed by atoms with Crippen LogP contribution in [0.3, 0.4) is 0 Å². The Morgan fingerprint density at radius 2 is 1.20 bits per heavy atom. The van der Waals surface area contributed by atoms with E-state index in [9.17, 15) is 5.26 Å². The highest BCUT2D eigenvalue weighted by atomic mass is 16.5. The molecule has 65 heavy (non-hydrogen) atoms. The molecule has 1 aliphatic heterocycles. The molecule has 6 heteroatoms. The molecular weight excluding hydrogens is 795 g/mol. The fourth-order valence-electron chi connectivity index (χ4n) is 9.08. The second kappa shape index (κ2) is 15.9. The predicted octanol–water partition coefficient (Wildman–Crippen LogP) is 15.0. The molecule has 2 aromatic heterocycles. The topological polar surface area (TPSA) is 56.9 Å². The van der Waals surface area contributed by atoms with Crippen LogP contribution < -0.4 is 13.9 Å². The van der Waals surface area contributed by atoms with Crippen LogP contribution in [0.2, 0.25) is 0 Å². The van der Waals surface area contributed by atoms with Crippen molar-refractivity contribution in [2.45, 2.75) is 26.2 Å². The first kappa shape index (κ1) is 39.2. The lowest BCUT2D eigenvalue weighted by Crippen LogP contribution is -2.12. The van der Waals surface area contributed by atoms with E-state index in [4.69, 9.17) is 9.72 Å². The first-order valence-corrected chi connectivity index (χ1v) is 21.8. The Hall–Kier alpha value is -8.62. The lowest BCUT2D eigenvalue weighted by Gasteiger charge is -2.20. The fourth-order valence-corrected chi connectivity index (χ4v) is 9.08. The van der Waals surface area contributed by atoms with E-state index in [-0.39, 0.29) is 5.41 Å². The number of hydrogen-bond donors (Lipinski definition) is 0. The maximum absolute atomic E-state index is 9.83. The minimum absolute atomic E-state index is 0.0636. The summed E-state index contributed by atoms with van der Waals surface area (Å²) in [5.41, 5.74) is 14.4. The van der Waals surface area contributed by atoms with Crippen LogP contribution in [-0.2, 0) is 5.41 Å². The minimum Gasteiger partial charge on any atom is -0.457 e. The molecule has 0 unspecified atom stereocenters. The van der Waals surface area contributed by atoms with Crippen LogP contribution in [0.25, 0.3) is 61.0 Å². The number of ether oxygens (including phenoxy) is 1. The van der Waals surface area contributed by atoms with E-state index < -0.39 is 0 Å². The van der Waals surface area contributed by atoms with E-state index in [1.165, 1.54) is 5.56 Å². The van der Waals surface area contributed by atoms with Gasteiger partial charge in [-0.15, -0.1) is 0 Å². The Morgan fingerprint density at radius 3 is 1.91 bits per heavy atom. The number of benzene rings is 8. The standard InChI is InChI=1S/C59H43N5O/c1-59(2,3)43-32-33-61-56(35-43)64-53-31-28-40(38-60)34-52(53)50-30-29-47(37-55(50)64)65-46-23-13-22-45(36-46)62-39-63(44-20-11-6-12-21-44)58-51(26-15-27-54(58)62)57-48(41-16-7-4-8-17-41)24-14-25-49(57)42-18-9-5-10-19-42/h4-37H,1-3H3/q+2. The van der Waals surface area contributed by atoms with Gasteiger partial charge in [0.05, 0.1) is 34.3 Å². The third kappa shape index (κ3) is 7.07. The molecule has 0 N–H and O–H groups in total. The Kier molecular flexibility index (Phi) is 9.62. The summed E-state index contributed by atoms with van der Waals surface area (Å²) < 4.78 is 13.3. The summed E-state index contributed by atoms with van der Waals surface area (Å²) in [4.78, 5) is 4.86. The van der Waals surface area contributed by atoms with E-state index in [2.05, 4.69) is 204 Å². The molecule has 0 spiro atoms. The van der Waals surface area contributed by atoms with Gasteiger partial charge in [0.25, 0.3) is 5.69 Å². The van der Waals surface area contributed by atoms with Gasteiger partial charge in [-0.3, -0.25) is 4.57 Å². The molecule has 1 aliphatic rings. The highest BCUT2D eigenvalue weighted by molar-refractivity contribution is 6.10. The third-order valence-electron chi connectivity index (χ3n) is 12.2. The molecule has 0 saturated heterocycles. The lowest BCUT2D eigenvalue weighted by atomic mass is 9.86. The fraction of sp³-hybridized carbons (Fsp3) is 0.0678. The van der Waals surface area contributed by atoms with Gasteiger partial charge in [-0.25, -0.2) is 4.98 Å². The number of aromatic nitrogens is 2. The maximum atomic E-state index is 9.83. The number of rotatable bonds is 8. The molecule has 8 aromatic carbocycles. The van der Waals surface area contributed by atoms with Crippen LogP contribution in [0.5, 0.6) is 11.5 Å². The molecule has 0 amide bonds. The third-order valence-corrected chi connectivity index (χ3v) is 12.2. The van der Waals surface area contributed by atoms with Crippen LogP contribution in [0.1, 0.15) is 31.9 Å². The number of hydrogen-bond acceptors (Lipinski definition) is 3. The predicted molar refractivity (Wildman–Crippen MR) is 266 cm³/mol. The number of fused-ring (bicyclic) bond motifs is 4. The zero-order chi connectivity index (χ0) is 44.1. The van der Waals surface area contributed by atoms with Crippen LogP contribution in [0, 0.1) is 11.3 Å². The second-order valence-electron chi connectivity index (χ2n) is 17.4. The minimum atomic E-state index is -0.0636. The Labute approximate surface area is 378 Å². The van der Waals surface area contributed by atoms with Gasteiger partial charge in [0.2, 0.25) is 11.4 Å². The van der Waals surface area contributed by atoms with Gasteiger partial charge in [-0.2, -0.15) is 5.26 Å². The van der Waals surface area contributed by atoms with Crippen molar-refractivity contribution < 1.29 is 4.74 Å². The molecule has 308 valence electrons. The maximum Gasteiger partial charge on any atom is 0.503 e. The van der Waals surface area contributed by atoms with Crippen molar-refractivity contribution >= 4 is 50.6 Å². The molecule has 0 fully saturated rings. The summed E-state index contributed by atoms with van der Waals surface area (Å²) in [7, 11) is 0. The normalized spacial score (nSPS) is 12.2. The molecule has 10 aromatic rings. The van der Waals surface area contributed by atoms with Gasteiger partial charge >= 0.3 is 11.7 Å². The van der Waals surface area contributed by atoms with E-state index in [1.807, 2.05) is 48.7 Å². The summed E-state index contributed by atoms with van der Waals surface area (Å²) in [6.07, 6.45) is 1.87. The molecule has 11 rings (SSSR count). The first-order valence-electron chi connectivity index (χ1n) is 21.8. The van der Waals surface area contributed by atoms with E-state index in [0.29, 0.717) is 17.1 Å². The second-order valence-corrected chi connectivity index (χ2v) is 17.4. The van der Waals surface area contributed by atoms with Crippen LogP contribution in [0.15, 0.2) is 206 Å². The number of para-hydroxylation sites is 2. The van der Waals surface area contributed by atoms with E-state index in [1.54, 1.807) is 0 Å². The molecular formula is C59H43N5O+2. The smallest absolute Gasteiger partial charge is 0.457 e. The molecule has 0 saturated carbocycles. The highest BCUT2D eigenvalue weighted by Gasteiger charge is 2.40. The van der Waals surface area contributed by atoms with Gasteiger partial charge in [-0.05, 0) is 97.0 Å². The Bertz CT molecular complexity index is 3530. The monoisotopic (exact) mass is 837 g/mol. The largest absolute Gasteiger partial charge is 0.503 e. The van der Waals surface area contributed by atoms with Gasteiger partial charge in [0.15, 0.2) is 0 Å². The Morgan fingerprint density at radius 1 is 0.554 bits per heavy atom. The molecule has 3 heterocycles. The SMILES string of the molecule is CC(C)(C)c1ccnc(-n2c3ccc(C#N)cc3c3ccc(Oc4cccc([N+]5=C=[N+](c6ccccc6)c6c(-c7c(-c8ccccc8)cccc7-c7ccccc7)cccc65)c4)cc32)c1. The summed E-state index contributed by atoms with van der Waals surface area (Å²) in [6, 6.07) is 75.4. The molecule has 6 nitrogen and oxygen atoms in total.